The lowest BCUT2D eigenvalue weighted by molar-refractivity contribution is -0.134. The van der Waals surface area contributed by atoms with Gasteiger partial charge < -0.3 is 9.64 Å². The fourth-order valence-electron chi connectivity index (χ4n) is 2.33. The second kappa shape index (κ2) is 2.76. The number of ether oxygens (including phenoxy) is 1. The molecular weight excluding hydrogens is 166 g/mol. The van der Waals surface area contributed by atoms with Crippen molar-refractivity contribution in [3.63, 3.8) is 0 Å². The SMILES string of the molecule is CC1CC(C)C2=C1OCC(=O)N2C. The molecule has 1 heterocycles. The zero-order chi connectivity index (χ0) is 9.59. The minimum Gasteiger partial charge on any atom is -0.486 e. The number of nitrogens with zero attached hydrogens (tertiary/aromatic N) is 1. The van der Waals surface area contributed by atoms with Gasteiger partial charge in [0.15, 0.2) is 6.61 Å². The molecule has 0 bridgehead atoms. The molecule has 0 fully saturated rings. The highest BCUT2D eigenvalue weighted by Crippen LogP contribution is 2.40. The molecule has 1 aliphatic heterocycles. The Morgan fingerprint density at radius 1 is 1.38 bits per heavy atom. The van der Waals surface area contributed by atoms with E-state index in [0.717, 1.165) is 17.9 Å². The lowest BCUT2D eigenvalue weighted by Gasteiger charge is -2.28. The standard InChI is InChI=1S/C10H15NO2/c1-6-4-7(2)10-9(6)11(3)8(12)5-13-10/h6-7H,4-5H2,1-3H3. The van der Waals surface area contributed by atoms with Crippen molar-refractivity contribution in [3.8, 4) is 0 Å². The molecule has 0 radical (unpaired) electrons. The molecule has 2 aliphatic rings. The predicted molar refractivity (Wildman–Crippen MR) is 48.7 cm³/mol. The molecule has 0 saturated carbocycles. The van der Waals surface area contributed by atoms with Gasteiger partial charge in [-0.15, -0.1) is 0 Å². The van der Waals surface area contributed by atoms with Crippen LogP contribution in [0.25, 0.3) is 0 Å². The van der Waals surface area contributed by atoms with Gasteiger partial charge in [0.25, 0.3) is 5.91 Å². The Balaban J connectivity index is 2.37. The van der Waals surface area contributed by atoms with Crippen molar-refractivity contribution in [1.82, 2.24) is 4.90 Å². The van der Waals surface area contributed by atoms with Crippen molar-refractivity contribution in [2.75, 3.05) is 13.7 Å². The third-order valence-corrected chi connectivity index (χ3v) is 2.96. The van der Waals surface area contributed by atoms with Crippen LogP contribution in [0.15, 0.2) is 11.5 Å². The van der Waals surface area contributed by atoms with Gasteiger partial charge in [-0.3, -0.25) is 4.79 Å². The average Bonchev–Trinajstić information content (AvgIpc) is 2.35. The molecule has 2 atom stereocenters. The van der Waals surface area contributed by atoms with Crippen LogP contribution in [0.4, 0.5) is 0 Å². The number of hydrogen-bond acceptors (Lipinski definition) is 2. The van der Waals surface area contributed by atoms with E-state index in [1.807, 2.05) is 7.05 Å². The summed E-state index contributed by atoms with van der Waals surface area (Å²) in [5.41, 5.74) is 1.10. The van der Waals surface area contributed by atoms with Gasteiger partial charge >= 0.3 is 0 Å². The summed E-state index contributed by atoms with van der Waals surface area (Å²) in [7, 11) is 1.84. The van der Waals surface area contributed by atoms with Crippen LogP contribution in [0.1, 0.15) is 20.3 Å². The first-order valence-corrected chi connectivity index (χ1v) is 4.74. The fourth-order valence-corrected chi connectivity index (χ4v) is 2.33. The molecule has 3 nitrogen and oxygen atoms in total. The molecule has 0 aromatic rings. The van der Waals surface area contributed by atoms with Crippen LogP contribution >= 0.6 is 0 Å². The summed E-state index contributed by atoms with van der Waals surface area (Å²) in [6.45, 7) is 4.52. The van der Waals surface area contributed by atoms with Crippen LogP contribution in [0.3, 0.4) is 0 Å². The van der Waals surface area contributed by atoms with E-state index < -0.39 is 0 Å². The summed E-state index contributed by atoms with van der Waals surface area (Å²) in [5.74, 6) is 2.04. The molecular formula is C10H15NO2. The highest BCUT2D eigenvalue weighted by atomic mass is 16.5. The number of allylic oxidation sites excluding steroid dienone is 2. The maximum atomic E-state index is 11.4. The first-order chi connectivity index (χ1) is 6.11. The van der Waals surface area contributed by atoms with Gasteiger partial charge in [0.2, 0.25) is 0 Å². The van der Waals surface area contributed by atoms with E-state index >= 15 is 0 Å². The molecule has 0 aromatic heterocycles. The Hall–Kier alpha value is -0.990. The summed E-state index contributed by atoms with van der Waals surface area (Å²) in [5, 5.41) is 0. The van der Waals surface area contributed by atoms with Gasteiger partial charge in [0.1, 0.15) is 5.76 Å². The Morgan fingerprint density at radius 2 is 2.08 bits per heavy atom. The highest BCUT2D eigenvalue weighted by Gasteiger charge is 2.37. The van der Waals surface area contributed by atoms with E-state index in [-0.39, 0.29) is 12.5 Å². The van der Waals surface area contributed by atoms with Crippen molar-refractivity contribution in [2.45, 2.75) is 20.3 Å². The van der Waals surface area contributed by atoms with Crippen LogP contribution in [0.5, 0.6) is 0 Å². The van der Waals surface area contributed by atoms with E-state index in [4.69, 9.17) is 4.74 Å². The molecule has 3 heteroatoms. The van der Waals surface area contributed by atoms with E-state index in [1.54, 1.807) is 4.90 Å². The highest BCUT2D eigenvalue weighted by molar-refractivity contribution is 5.80. The monoisotopic (exact) mass is 181 g/mol. The normalized spacial score (nSPS) is 33.5. The van der Waals surface area contributed by atoms with Crippen LogP contribution < -0.4 is 0 Å². The van der Waals surface area contributed by atoms with Crippen molar-refractivity contribution in [2.24, 2.45) is 11.8 Å². The van der Waals surface area contributed by atoms with E-state index in [9.17, 15) is 4.79 Å². The topological polar surface area (TPSA) is 29.5 Å². The van der Waals surface area contributed by atoms with Crippen LogP contribution in [0, 0.1) is 11.8 Å². The summed E-state index contributed by atoms with van der Waals surface area (Å²) in [4.78, 5) is 13.1. The maximum absolute atomic E-state index is 11.4. The fraction of sp³-hybridized carbons (Fsp3) is 0.700. The van der Waals surface area contributed by atoms with E-state index in [2.05, 4.69) is 13.8 Å². The zero-order valence-corrected chi connectivity index (χ0v) is 8.33. The first kappa shape index (κ1) is 8.60. The van der Waals surface area contributed by atoms with Crippen LogP contribution in [0.2, 0.25) is 0 Å². The Kier molecular flexibility index (Phi) is 1.82. The predicted octanol–water partition coefficient (Wildman–Crippen LogP) is 1.36. The second-order valence-electron chi connectivity index (χ2n) is 4.03. The van der Waals surface area contributed by atoms with Crippen LogP contribution in [-0.4, -0.2) is 24.5 Å². The largest absolute Gasteiger partial charge is 0.486 e. The Bertz CT molecular complexity index is 283. The van der Waals surface area contributed by atoms with Gasteiger partial charge in [0.05, 0.1) is 5.70 Å². The minimum absolute atomic E-state index is 0.0692. The summed E-state index contributed by atoms with van der Waals surface area (Å²) in [6, 6.07) is 0. The van der Waals surface area contributed by atoms with Crippen molar-refractivity contribution in [1.29, 1.82) is 0 Å². The van der Waals surface area contributed by atoms with Crippen molar-refractivity contribution in [3.05, 3.63) is 11.5 Å². The van der Waals surface area contributed by atoms with Crippen molar-refractivity contribution >= 4 is 5.91 Å². The molecule has 1 amide bonds. The first-order valence-electron chi connectivity index (χ1n) is 4.74. The second-order valence-corrected chi connectivity index (χ2v) is 4.03. The molecule has 0 saturated heterocycles. The lowest BCUT2D eigenvalue weighted by Crippen LogP contribution is -2.35. The van der Waals surface area contributed by atoms with Gasteiger partial charge in [-0.05, 0) is 6.42 Å². The number of hydrogen-bond donors (Lipinski definition) is 0. The molecule has 72 valence electrons. The smallest absolute Gasteiger partial charge is 0.264 e. The maximum Gasteiger partial charge on any atom is 0.264 e. The van der Waals surface area contributed by atoms with Crippen LogP contribution in [-0.2, 0) is 9.53 Å². The Morgan fingerprint density at radius 3 is 2.77 bits per heavy atom. The third-order valence-electron chi connectivity index (χ3n) is 2.96. The average molecular weight is 181 g/mol. The third kappa shape index (κ3) is 1.14. The molecule has 2 unspecified atom stereocenters. The van der Waals surface area contributed by atoms with Gasteiger partial charge in [-0.1, -0.05) is 13.8 Å². The summed E-state index contributed by atoms with van der Waals surface area (Å²) < 4.78 is 5.46. The zero-order valence-electron chi connectivity index (χ0n) is 8.33. The van der Waals surface area contributed by atoms with E-state index in [0.29, 0.717) is 11.8 Å². The number of carbonyl (C=O) groups is 1. The van der Waals surface area contributed by atoms with Gasteiger partial charge in [-0.2, -0.15) is 0 Å². The molecule has 0 aromatic carbocycles. The van der Waals surface area contributed by atoms with E-state index in [1.165, 1.54) is 0 Å². The molecule has 0 N–H and O–H groups in total. The summed E-state index contributed by atoms with van der Waals surface area (Å²) >= 11 is 0. The lowest BCUT2D eigenvalue weighted by atomic mass is 10.1. The number of likely N-dealkylation sites (N-methyl/N-ethyl adjacent to an activating group) is 1. The Labute approximate surface area is 78.4 Å². The quantitative estimate of drug-likeness (QED) is 0.564. The molecule has 2 rings (SSSR count). The minimum atomic E-state index is 0.0692. The summed E-state index contributed by atoms with van der Waals surface area (Å²) in [6.07, 6.45) is 1.10. The van der Waals surface area contributed by atoms with Gasteiger partial charge in [0, 0.05) is 18.9 Å². The molecule has 0 spiro atoms. The van der Waals surface area contributed by atoms with Crippen molar-refractivity contribution < 1.29 is 9.53 Å². The number of rotatable bonds is 0. The molecule has 1 aliphatic carbocycles. The van der Waals surface area contributed by atoms with Gasteiger partial charge in [-0.25, -0.2) is 0 Å². The number of amides is 1. The number of carbonyl (C=O) groups excluding carboxylic acids is 1. The molecule has 13 heavy (non-hydrogen) atoms.